The van der Waals surface area contributed by atoms with Crippen LogP contribution in [0.5, 0.6) is 34.9 Å². The Balaban J connectivity index is 0.000000201. The normalized spacial score (nSPS) is 32.2. The number of nitrogens with one attached hydrogen (secondary N) is 3. The number of rotatable bonds is 11. The number of carbonyl (C=O) groups is 6. The minimum absolute atomic E-state index is 0. The van der Waals surface area contributed by atoms with Crippen molar-refractivity contribution in [2.24, 2.45) is 63.6 Å². The molecule has 6 saturated carbocycles. The third-order valence-corrected chi connectivity index (χ3v) is 32.6. The second kappa shape index (κ2) is 44.4. The van der Waals surface area contributed by atoms with Crippen LogP contribution < -0.4 is 44.4 Å². The first-order chi connectivity index (χ1) is 65.7. The third kappa shape index (κ3) is 22.3. The number of amides is 6. The summed E-state index contributed by atoms with van der Waals surface area (Å²) in [6.45, 7) is 14.0. The molecule has 3 N–H and O–H groups in total. The van der Waals surface area contributed by atoms with Crippen molar-refractivity contribution in [2.75, 3.05) is 54.2 Å². The number of methoxy groups -OCH3 is 3. The zero-order valence-corrected chi connectivity index (χ0v) is 85.5. The van der Waals surface area contributed by atoms with Crippen molar-refractivity contribution in [1.82, 2.24) is 60.6 Å². The Labute approximate surface area is 854 Å². The third-order valence-electron chi connectivity index (χ3n) is 32.6. The number of carbonyl (C=O) groups excluding carboxylic acids is 9. The molecular formula is C102H135F4N12O19V3-3. The molecule has 20 atom stereocenters. The van der Waals surface area contributed by atoms with Gasteiger partial charge in [0.25, 0.3) is 11.8 Å². The summed E-state index contributed by atoms with van der Waals surface area (Å²) in [6, 6.07) is 9.61. The first-order valence-corrected chi connectivity index (χ1v) is 49.6. The maximum Gasteiger partial charge on any atom is 0.408 e. The van der Waals surface area contributed by atoms with Crippen molar-refractivity contribution in [3.8, 4) is 34.9 Å². The summed E-state index contributed by atoms with van der Waals surface area (Å²) in [5, 5.41) is 8.73. The quantitative estimate of drug-likeness (QED) is 0.0616. The minimum atomic E-state index is -3.37. The molecule has 2 unspecified atom stereocenters. The van der Waals surface area contributed by atoms with Crippen LogP contribution in [0.4, 0.5) is 31.9 Å². The van der Waals surface area contributed by atoms with E-state index in [0.29, 0.717) is 122 Å². The molecule has 10 fully saturated rings. The van der Waals surface area contributed by atoms with Gasteiger partial charge < -0.3 is 92.4 Å². The van der Waals surface area contributed by atoms with E-state index in [1.54, 1.807) is 43.5 Å². The van der Waals surface area contributed by atoms with Gasteiger partial charge in [0.2, 0.25) is 35.4 Å². The van der Waals surface area contributed by atoms with E-state index in [9.17, 15) is 43.2 Å². The van der Waals surface area contributed by atoms with Crippen molar-refractivity contribution in [3.63, 3.8) is 0 Å². The first kappa shape index (κ1) is 107. The van der Waals surface area contributed by atoms with Gasteiger partial charge in [-0.25, -0.2) is 63.1 Å². The molecule has 4 saturated heterocycles. The molecule has 38 heteroatoms. The molecule has 31 nitrogen and oxygen atoms in total. The van der Waals surface area contributed by atoms with E-state index in [1.165, 1.54) is 28.9 Å². The zero-order valence-electron chi connectivity index (χ0n) is 81.3. The molecule has 140 heavy (non-hydrogen) atoms. The Bertz CT molecular complexity index is 5400. The van der Waals surface area contributed by atoms with Crippen molar-refractivity contribution in [3.05, 3.63) is 71.7 Å². The van der Waals surface area contributed by atoms with E-state index in [-0.39, 0.29) is 151 Å². The van der Waals surface area contributed by atoms with Crippen molar-refractivity contribution in [1.29, 1.82) is 0 Å². The molecule has 6 aliphatic carbocycles. The second-order valence-corrected chi connectivity index (χ2v) is 41.8. The molecule has 6 amide bonds. The summed E-state index contributed by atoms with van der Waals surface area (Å²) in [6.07, 6.45) is 20.4. The molecule has 763 valence electrons. The Kier molecular flexibility index (Phi) is 33.9. The van der Waals surface area contributed by atoms with Gasteiger partial charge in [0.1, 0.15) is 77.2 Å². The molecule has 3 radical (unpaired) electrons. The summed E-state index contributed by atoms with van der Waals surface area (Å²) >= 11 is 0. The number of benzene rings is 3. The molecule has 10 heterocycles. The van der Waals surface area contributed by atoms with Crippen LogP contribution in [0.3, 0.4) is 0 Å². The second-order valence-electron chi connectivity index (χ2n) is 41.8. The van der Waals surface area contributed by atoms with E-state index < -0.39 is 154 Å². The zero-order chi connectivity index (χ0) is 96.8. The van der Waals surface area contributed by atoms with Gasteiger partial charge in [-0.05, 0) is 211 Å². The smallest absolute Gasteiger partial charge is 0.408 e. The van der Waals surface area contributed by atoms with E-state index in [1.807, 2.05) is 79.2 Å². The fourth-order valence-corrected chi connectivity index (χ4v) is 24.0. The predicted molar refractivity (Wildman–Crippen MR) is 498 cm³/mol. The number of hydrogen-bond donors (Lipinski definition) is 3. The van der Waals surface area contributed by atoms with Crippen LogP contribution in [-0.4, -0.2) is 226 Å². The van der Waals surface area contributed by atoms with Crippen LogP contribution in [-0.2, 0) is 122 Å². The maximum absolute atomic E-state index is 16.2. The average molecular weight is 2060 g/mol. The van der Waals surface area contributed by atoms with E-state index in [4.69, 9.17) is 57.3 Å². The fraction of sp³-hybridized carbons (Fsp3) is 0.676. The van der Waals surface area contributed by atoms with Crippen molar-refractivity contribution < 1.29 is 168 Å². The van der Waals surface area contributed by atoms with Crippen molar-refractivity contribution >= 4 is 88.0 Å². The Morgan fingerprint density at radius 2 is 0.850 bits per heavy atom. The number of alkyl carbamates (subject to hydrolysis) is 3. The minimum Gasteiger partial charge on any atom is -0.540 e. The monoisotopic (exact) mass is 2060 g/mol. The molecule has 6 bridgehead atoms. The van der Waals surface area contributed by atoms with Gasteiger partial charge in [0.05, 0.1) is 87.3 Å². The van der Waals surface area contributed by atoms with Gasteiger partial charge in [0, 0.05) is 96.4 Å². The Morgan fingerprint density at radius 1 is 0.429 bits per heavy atom. The van der Waals surface area contributed by atoms with E-state index >= 15 is 17.6 Å². The number of fused-ring (bicyclic) bond motifs is 17. The molecule has 3 aromatic heterocycles. The molecular weight excluding hydrogens is 1930 g/mol. The first-order valence-electron chi connectivity index (χ1n) is 49.6. The number of aromatic nitrogens is 6. The topological polar surface area (TPSA) is 369 Å². The molecule has 3 aromatic carbocycles. The van der Waals surface area contributed by atoms with E-state index in [2.05, 4.69) is 42.2 Å². The SMILES string of the molecule is CC[C@@H]1[C@@H]2CN(C(=O)[C@H](C3(C)CCCC3)NC(=O)O[C@@H]3CC4CC4[C@H]3CCCCC(F)(F)c3nc4ccc(OC)cc4nc3O2)[C@@H]1[C-]=O.CC[C@@H]1[C@@H]2CN(C(=O)[C@H](C3(C)CCCC3)NC(=O)O[C@]3(C)CCC[C@H]3CCCCC(F)(F)c3nc4ccc(OC)cc4nc3O2)[C@@H]1[C-]=O.COc1ccc2nc3c(nc2c1)O[C@H]1CN(C(=O)[C@H](C2(C)COC2)NC(=O)O[C@@H]2C[C@H]2CCCCC3)[C@H]([C-]=O)[C@@H]1C.[HH].[HH].[HH].[V].[V].[V]. The van der Waals surface area contributed by atoms with Gasteiger partial charge in [0.15, 0.2) is 11.4 Å². The standard InChI is InChI=1S/C36H45F2N4O6.C36H47F2N4O6.C30H37N4O7.3V.3H2/c1-4-22-27(19-43)42-18-29(22)47-32-30(39-25-11-10-21(46-3)17-26(25)40-32)36(37,38)14-6-5-9-23-24-15-20(24)16-28(23)48-34(45)41-31(33(42)44)35(2)12-7-8-13-35;1-5-24-27(21-43)42-20-28(24)47-31-29(39-25-14-13-23(46-4)19-26(25)40-31)36(37,38)18-7-6-11-22-12-10-17-35(22,3)48-33(45)41-30(32(42)44)34(2)15-8-9-16-34;1-17-23(14-35)34-13-25(17)40-27-21(31-20-10-9-19(38-3)12-22(20)32-27)8-6-4-5-7-18-11-24(18)41-29(37)33-26(28(34)36)30(2)15-39-16-30;;;;;;/h10-11,17,20,22-24,27-29,31H,4-9,12-16,18H2,1-3H3,(H,41,45);13-14,19,22,24,27-28,30H,5-12,15-18,20H2,1-4H3,(H,41,45);9-10,12,17-18,23-26H,4-8,11,13,15-16H2,1-3H3,(H,33,37);;;;3*1H/q3*-1;;;;;;/t20?,22-,23+,24?,27+,28+,29-,31+;22-,24+,27-,28+,30-,35-;17-,18+,23+,24+,25-,26+;;;;;;/m010....../s1. The fourth-order valence-electron chi connectivity index (χ4n) is 24.0. The molecule has 19 rings (SSSR count). The average Bonchev–Trinajstić information content (AvgIpc) is 1.53. The van der Waals surface area contributed by atoms with Gasteiger partial charge >= 0.3 is 18.3 Å². The number of hydrogen-bond acceptors (Lipinski definition) is 25. The number of nitrogens with zero attached hydrogens (tertiary/aromatic N) is 9. The van der Waals surface area contributed by atoms with Gasteiger partial charge in [-0.2, -0.15) is 17.6 Å². The van der Waals surface area contributed by atoms with Crippen LogP contribution in [0.25, 0.3) is 33.1 Å². The number of halogens is 4. The number of aryl methyl sites for hydroxylation is 1. The van der Waals surface area contributed by atoms with Crippen LogP contribution in [0.15, 0.2) is 54.6 Å². The molecule has 0 spiro atoms. The van der Waals surface area contributed by atoms with Gasteiger partial charge in [-0.15, -0.1) is 0 Å². The predicted octanol–water partition coefficient (Wildman–Crippen LogP) is 16.4. The summed E-state index contributed by atoms with van der Waals surface area (Å²) in [5.41, 5.74) is -0.270. The van der Waals surface area contributed by atoms with E-state index in [0.717, 1.165) is 120 Å². The molecule has 13 aliphatic rings. The number of ether oxygens (including phenoxy) is 10. The maximum atomic E-state index is 16.2. The Hall–Kier alpha value is -8.86. The van der Waals surface area contributed by atoms with Crippen molar-refractivity contribution in [2.45, 2.75) is 319 Å². The molecule has 7 aliphatic heterocycles. The van der Waals surface area contributed by atoms with Crippen LogP contribution in [0.2, 0.25) is 0 Å². The largest absolute Gasteiger partial charge is 0.540 e. The summed E-state index contributed by atoms with van der Waals surface area (Å²) in [5.74, 6) is -6.67. The van der Waals surface area contributed by atoms with Crippen LogP contribution >= 0.6 is 0 Å². The van der Waals surface area contributed by atoms with Crippen LogP contribution in [0, 0.1) is 63.6 Å². The summed E-state index contributed by atoms with van der Waals surface area (Å²) in [7, 11) is 4.61. The van der Waals surface area contributed by atoms with Gasteiger partial charge in [-0.3, -0.25) is 14.4 Å². The van der Waals surface area contributed by atoms with Crippen LogP contribution in [0.1, 0.15) is 250 Å². The molecule has 6 aromatic rings. The van der Waals surface area contributed by atoms with Gasteiger partial charge in [-0.1, -0.05) is 124 Å². The summed E-state index contributed by atoms with van der Waals surface area (Å²) in [4.78, 5) is 152. The Morgan fingerprint density at radius 3 is 1.33 bits per heavy atom. The summed E-state index contributed by atoms with van der Waals surface area (Å²) < 4.78 is 123. The number of alkyl halides is 4.